The zero-order valence-electron chi connectivity index (χ0n) is 38.1. The van der Waals surface area contributed by atoms with Crippen molar-refractivity contribution in [3.63, 3.8) is 0 Å². The third-order valence-electron chi connectivity index (χ3n) is 14.6. The lowest BCUT2D eigenvalue weighted by Crippen LogP contribution is -2.28. The van der Waals surface area contributed by atoms with Crippen molar-refractivity contribution in [3.05, 3.63) is 283 Å². The number of thiophene rings is 1. The number of furan rings is 1. The summed E-state index contributed by atoms with van der Waals surface area (Å²) in [6, 6.07) is 95.5. The second-order valence-electron chi connectivity index (χ2n) is 18.4. The Bertz CT molecular complexity index is 4050. The van der Waals surface area contributed by atoms with E-state index in [0.29, 0.717) is 0 Å². The van der Waals surface area contributed by atoms with Crippen LogP contribution in [0.1, 0.15) is 22.3 Å². The molecule has 0 unspecified atom stereocenters. The predicted octanol–water partition coefficient (Wildman–Crippen LogP) is 18.8. The monoisotopic (exact) mass is 909 g/mol. The first-order valence-electron chi connectivity index (χ1n) is 24.0. The van der Waals surface area contributed by atoms with Gasteiger partial charge in [0.05, 0.1) is 5.41 Å². The van der Waals surface area contributed by atoms with Crippen molar-refractivity contribution in [2.45, 2.75) is 5.41 Å². The Morgan fingerprint density at radius 3 is 1.56 bits per heavy atom. The van der Waals surface area contributed by atoms with E-state index in [1.165, 1.54) is 75.8 Å². The minimum Gasteiger partial charge on any atom is -0.455 e. The fourth-order valence-electron chi connectivity index (χ4n) is 11.4. The number of fused-ring (bicyclic) bond motifs is 9. The van der Waals surface area contributed by atoms with Crippen LogP contribution in [-0.4, -0.2) is 0 Å². The summed E-state index contributed by atoms with van der Waals surface area (Å²) in [7, 11) is 0. The smallest absolute Gasteiger partial charge is 0.143 e. The molecule has 70 heavy (non-hydrogen) atoms. The average molecular weight is 910 g/mol. The molecule has 0 saturated carbocycles. The summed E-state index contributed by atoms with van der Waals surface area (Å²) in [5, 5.41) is 4.90. The first-order valence-corrected chi connectivity index (χ1v) is 24.8. The molecule has 1 aliphatic carbocycles. The largest absolute Gasteiger partial charge is 0.455 e. The molecular formula is C67H43NOS. The topological polar surface area (TPSA) is 16.4 Å². The molecular weight excluding hydrogens is 867 g/mol. The molecule has 11 aromatic carbocycles. The Labute approximate surface area is 410 Å². The number of para-hydroxylation sites is 2. The molecule has 2 nitrogen and oxygen atoms in total. The first kappa shape index (κ1) is 40.3. The van der Waals surface area contributed by atoms with Crippen LogP contribution >= 0.6 is 11.3 Å². The van der Waals surface area contributed by atoms with Gasteiger partial charge in [-0.3, -0.25) is 0 Å². The molecule has 2 aromatic heterocycles. The number of anilines is 3. The quantitative estimate of drug-likeness (QED) is 0.151. The molecule has 13 aromatic rings. The minimum atomic E-state index is -0.473. The average Bonchev–Trinajstić information content (AvgIpc) is 4.10. The van der Waals surface area contributed by atoms with E-state index in [0.717, 1.165) is 50.1 Å². The molecule has 0 amide bonds. The molecule has 3 heteroatoms. The fraction of sp³-hybridized carbons (Fsp3) is 0.0149. The minimum absolute atomic E-state index is 0.473. The summed E-state index contributed by atoms with van der Waals surface area (Å²) in [6.07, 6.45) is 0. The number of hydrogen-bond acceptors (Lipinski definition) is 3. The summed E-state index contributed by atoms with van der Waals surface area (Å²) in [4.78, 5) is 2.40. The highest BCUT2D eigenvalue weighted by Crippen LogP contribution is 2.57. The van der Waals surface area contributed by atoms with Crippen LogP contribution in [0.25, 0.3) is 86.6 Å². The fourth-order valence-corrected chi connectivity index (χ4v) is 12.4. The van der Waals surface area contributed by atoms with Crippen molar-refractivity contribution in [3.8, 4) is 44.5 Å². The lowest BCUT2D eigenvalue weighted by molar-refractivity contribution is 0.670. The normalized spacial score (nSPS) is 12.7. The van der Waals surface area contributed by atoms with Gasteiger partial charge in [-0.15, -0.1) is 11.3 Å². The van der Waals surface area contributed by atoms with Gasteiger partial charge < -0.3 is 9.32 Å². The maximum Gasteiger partial charge on any atom is 0.143 e. The molecule has 0 aliphatic heterocycles. The SMILES string of the molecule is c1ccc(C2(c3ccccc3)c3ccccc3-c3cc(N(c4ccc(-c5ccc(-c6ccc7sc8ccccc8c7c6)cc5)cc4)c4ccc(-c5cccc6c5oc5ccccc56)cc4)ccc32)cc1. The number of hydrogen-bond donors (Lipinski definition) is 0. The Kier molecular flexibility index (Phi) is 9.33. The third-order valence-corrected chi connectivity index (χ3v) is 15.7. The van der Waals surface area contributed by atoms with Crippen molar-refractivity contribution in [2.75, 3.05) is 4.90 Å². The Morgan fingerprint density at radius 2 is 0.829 bits per heavy atom. The highest BCUT2D eigenvalue weighted by atomic mass is 32.1. The molecule has 14 rings (SSSR count). The van der Waals surface area contributed by atoms with E-state index in [-0.39, 0.29) is 0 Å². The molecule has 0 N–H and O–H groups in total. The van der Waals surface area contributed by atoms with Crippen LogP contribution in [0.2, 0.25) is 0 Å². The molecule has 0 saturated heterocycles. The number of nitrogens with zero attached hydrogens (tertiary/aromatic N) is 1. The molecule has 1 aliphatic rings. The van der Waals surface area contributed by atoms with Crippen LogP contribution in [-0.2, 0) is 5.41 Å². The lowest BCUT2D eigenvalue weighted by Gasteiger charge is -2.34. The molecule has 2 heterocycles. The van der Waals surface area contributed by atoms with Crippen molar-refractivity contribution in [1.82, 2.24) is 0 Å². The van der Waals surface area contributed by atoms with Crippen LogP contribution in [0.4, 0.5) is 17.1 Å². The maximum atomic E-state index is 6.50. The summed E-state index contributed by atoms with van der Waals surface area (Å²) in [5.74, 6) is 0. The van der Waals surface area contributed by atoms with Gasteiger partial charge in [0.15, 0.2) is 0 Å². The van der Waals surface area contributed by atoms with Gasteiger partial charge in [-0.1, -0.05) is 200 Å². The number of rotatable bonds is 8. The van der Waals surface area contributed by atoms with Crippen molar-refractivity contribution in [2.24, 2.45) is 0 Å². The van der Waals surface area contributed by atoms with Crippen LogP contribution < -0.4 is 4.90 Å². The van der Waals surface area contributed by atoms with E-state index in [1.807, 2.05) is 23.5 Å². The van der Waals surface area contributed by atoms with Crippen LogP contribution in [0.15, 0.2) is 265 Å². The first-order chi connectivity index (χ1) is 34.7. The highest BCUT2D eigenvalue weighted by Gasteiger charge is 2.46. The second kappa shape index (κ2) is 16.2. The zero-order chi connectivity index (χ0) is 46.2. The van der Waals surface area contributed by atoms with E-state index >= 15 is 0 Å². The summed E-state index contributed by atoms with van der Waals surface area (Å²) in [6.45, 7) is 0. The maximum absolute atomic E-state index is 6.50. The molecule has 0 fully saturated rings. The molecule has 0 spiro atoms. The number of benzene rings is 11. The molecule has 0 atom stereocenters. The van der Waals surface area contributed by atoms with Gasteiger partial charge in [0.25, 0.3) is 0 Å². The van der Waals surface area contributed by atoms with E-state index in [9.17, 15) is 0 Å². The molecule has 0 bridgehead atoms. The van der Waals surface area contributed by atoms with Gasteiger partial charge in [-0.2, -0.15) is 0 Å². The van der Waals surface area contributed by atoms with Gasteiger partial charge in [0, 0.05) is 53.6 Å². The predicted molar refractivity (Wildman–Crippen MR) is 295 cm³/mol. The molecule has 0 radical (unpaired) electrons. The van der Waals surface area contributed by atoms with E-state index in [1.54, 1.807) is 0 Å². The Balaban J connectivity index is 0.876. The summed E-state index contributed by atoms with van der Waals surface area (Å²) in [5.41, 5.74) is 19.1. The van der Waals surface area contributed by atoms with E-state index < -0.39 is 5.41 Å². The second-order valence-corrected chi connectivity index (χ2v) is 19.4. The summed E-state index contributed by atoms with van der Waals surface area (Å²) < 4.78 is 9.15. The van der Waals surface area contributed by atoms with E-state index in [4.69, 9.17) is 4.42 Å². The van der Waals surface area contributed by atoms with Crippen molar-refractivity contribution in [1.29, 1.82) is 0 Å². The summed E-state index contributed by atoms with van der Waals surface area (Å²) >= 11 is 1.86. The van der Waals surface area contributed by atoms with Crippen LogP contribution in [0.3, 0.4) is 0 Å². The van der Waals surface area contributed by atoms with Crippen molar-refractivity contribution >= 4 is 70.5 Å². The van der Waals surface area contributed by atoms with Crippen LogP contribution in [0, 0.1) is 0 Å². The lowest BCUT2D eigenvalue weighted by atomic mass is 9.68. The van der Waals surface area contributed by atoms with Crippen molar-refractivity contribution < 1.29 is 4.42 Å². The zero-order valence-corrected chi connectivity index (χ0v) is 38.9. The standard InChI is InChI=1S/C67H43NOS/c1-3-14-49(15-4-1)67(50-16-5-2-6-17-50)61-23-10-7-18-55(61)59-43-53(39-40-62(59)67)68(52-37-32-47(33-38-52)54-21-13-22-58-56-19-8-11-24-63(56)69-66(54)58)51-35-30-45(31-36-51)44-26-28-46(29-27-44)48-34-41-65-60(42-48)57-20-9-12-25-64(57)70-65/h1-43H. The molecule has 328 valence electrons. The van der Waals surface area contributed by atoms with Gasteiger partial charge >= 0.3 is 0 Å². The van der Waals surface area contributed by atoms with E-state index in [2.05, 4.69) is 254 Å². The highest BCUT2D eigenvalue weighted by molar-refractivity contribution is 7.25. The third kappa shape index (κ3) is 6.32. The Hall–Kier alpha value is -8.76. The van der Waals surface area contributed by atoms with Gasteiger partial charge in [0.1, 0.15) is 11.2 Å². The van der Waals surface area contributed by atoms with Gasteiger partial charge in [-0.25, -0.2) is 0 Å². The van der Waals surface area contributed by atoms with Crippen LogP contribution in [0.5, 0.6) is 0 Å². The van der Waals surface area contributed by atoms with Gasteiger partial charge in [0.2, 0.25) is 0 Å². The Morgan fingerprint density at radius 1 is 0.314 bits per heavy atom. The van der Waals surface area contributed by atoms with Gasteiger partial charge in [-0.05, 0) is 122 Å².